The highest BCUT2D eigenvalue weighted by atomic mass is 35.5. The highest BCUT2D eigenvalue weighted by molar-refractivity contribution is 7.05. The Morgan fingerprint density at radius 2 is 2.09 bits per heavy atom. The molecule has 0 fully saturated rings. The highest BCUT2D eigenvalue weighted by Crippen LogP contribution is 2.33. The van der Waals surface area contributed by atoms with Crippen LogP contribution in [0.2, 0.25) is 0 Å². The van der Waals surface area contributed by atoms with E-state index in [1.165, 1.54) is 0 Å². The molecule has 1 rings (SSSR count). The third kappa shape index (κ3) is 1.81. The molecule has 1 aromatic heterocycles. The van der Waals surface area contributed by atoms with Crippen LogP contribution in [-0.4, -0.2) is 9.59 Å². The van der Waals surface area contributed by atoms with Crippen LogP contribution in [0.3, 0.4) is 0 Å². The summed E-state index contributed by atoms with van der Waals surface area (Å²) in [6, 6.07) is 0. The molecule has 0 amide bonds. The van der Waals surface area contributed by atoms with Crippen molar-refractivity contribution in [3.05, 3.63) is 10.6 Å². The molecule has 1 aromatic rings. The van der Waals surface area contributed by atoms with Gasteiger partial charge in [0.2, 0.25) is 0 Å². The van der Waals surface area contributed by atoms with Crippen LogP contribution in [0.4, 0.5) is 13.2 Å². The van der Waals surface area contributed by atoms with Crippen LogP contribution in [0.1, 0.15) is 10.6 Å². The maximum atomic E-state index is 11.9. The van der Waals surface area contributed by atoms with E-state index in [0.29, 0.717) is 11.5 Å². The van der Waals surface area contributed by atoms with Crippen molar-refractivity contribution in [2.24, 2.45) is 0 Å². The first-order valence-electron chi connectivity index (χ1n) is 2.50. The summed E-state index contributed by atoms with van der Waals surface area (Å²) in [5, 5.41) is 3.22. The third-order valence-electron chi connectivity index (χ3n) is 0.940. The Morgan fingerprint density at radius 3 is 2.45 bits per heavy atom. The van der Waals surface area contributed by atoms with E-state index in [1.807, 2.05) is 0 Å². The minimum absolute atomic E-state index is 0.204. The van der Waals surface area contributed by atoms with Crippen molar-refractivity contribution in [3.8, 4) is 0 Å². The summed E-state index contributed by atoms with van der Waals surface area (Å²) < 4.78 is 39.0. The van der Waals surface area contributed by atoms with E-state index in [1.54, 1.807) is 0 Å². The van der Waals surface area contributed by atoms with Gasteiger partial charge in [-0.15, -0.1) is 16.7 Å². The van der Waals surface area contributed by atoms with E-state index >= 15 is 0 Å². The summed E-state index contributed by atoms with van der Waals surface area (Å²) in [5.41, 5.74) is -0.204. The van der Waals surface area contributed by atoms with Crippen LogP contribution in [0.5, 0.6) is 0 Å². The molecule has 0 radical (unpaired) electrons. The van der Waals surface area contributed by atoms with Crippen molar-refractivity contribution in [3.63, 3.8) is 0 Å². The van der Waals surface area contributed by atoms with Gasteiger partial charge in [0.1, 0.15) is 5.69 Å². The normalized spacial score (nSPS) is 12.0. The number of nitrogens with zero attached hydrogens (tertiary/aromatic N) is 2. The van der Waals surface area contributed by atoms with Crippen LogP contribution >= 0.6 is 23.1 Å². The average molecular weight is 203 g/mol. The lowest BCUT2D eigenvalue weighted by Crippen LogP contribution is -2.04. The zero-order valence-electron chi connectivity index (χ0n) is 5.02. The van der Waals surface area contributed by atoms with Crippen LogP contribution < -0.4 is 0 Å². The largest absolute Gasteiger partial charge is 0.429 e. The Balaban J connectivity index is 3.02. The lowest BCUT2D eigenvalue weighted by Gasteiger charge is -2.01. The maximum absolute atomic E-state index is 11.9. The van der Waals surface area contributed by atoms with Gasteiger partial charge in [0.05, 0.1) is 5.88 Å². The van der Waals surface area contributed by atoms with E-state index in [-0.39, 0.29) is 11.6 Å². The molecule has 62 valence electrons. The third-order valence-corrected chi connectivity index (χ3v) is 2.01. The summed E-state index contributed by atoms with van der Waals surface area (Å²) in [6.45, 7) is 0. The topological polar surface area (TPSA) is 25.8 Å². The second kappa shape index (κ2) is 2.94. The number of rotatable bonds is 1. The molecular weight excluding hydrogens is 201 g/mol. The average Bonchev–Trinajstić information content (AvgIpc) is 2.31. The zero-order chi connectivity index (χ0) is 8.48. The number of hydrogen-bond acceptors (Lipinski definition) is 3. The molecule has 0 bridgehead atoms. The first kappa shape index (κ1) is 8.73. The Morgan fingerprint density at radius 1 is 1.45 bits per heavy atom. The molecule has 0 aliphatic rings. The quantitative estimate of drug-likeness (QED) is 0.653. The Labute approximate surface area is 69.2 Å². The van der Waals surface area contributed by atoms with Gasteiger partial charge in [-0.05, 0) is 11.5 Å². The van der Waals surface area contributed by atoms with Gasteiger partial charge in [-0.1, -0.05) is 4.49 Å². The van der Waals surface area contributed by atoms with Gasteiger partial charge >= 0.3 is 6.18 Å². The number of alkyl halides is 4. The molecule has 0 aliphatic carbocycles. The van der Waals surface area contributed by atoms with Gasteiger partial charge in [-0.25, -0.2) is 0 Å². The van der Waals surface area contributed by atoms with Gasteiger partial charge in [0, 0.05) is 0 Å². The standard InChI is InChI=1S/C4H2ClF3N2S/c5-1-2-3(4(6,7)8)11-10-9-2/h1H2. The van der Waals surface area contributed by atoms with E-state index in [4.69, 9.17) is 11.6 Å². The fourth-order valence-electron chi connectivity index (χ4n) is 0.511. The summed E-state index contributed by atoms with van der Waals surface area (Å²) in [5.74, 6) is -0.259. The smallest absolute Gasteiger partial charge is 0.165 e. The van der Waals surface area contributed by atoms with Gasteiger partial charge < -0.3 is 0 Å². The molecule has 0 aromatic carbocycles. The fraction of sp³-hybridized carbons (Fsp3) is 0.500. The van der Waals surface area contributed by atoms with Crippen LogP contribution in [-0.2, 0) is 12.1 Å². The van der Waals surface area contributed by atoms with E-state index < -0.39 is 11.1 Å². The van der Waals surface area contributed by atoms with Gasteiger partial charge in [-0.3, -0.25) is 0 Å². The van der Waals surface area contributed by atoms with Crippen molar-refractivity contribution >= 4 is 23.1 Å². The number of aromatic nitrogens is 2. The van der Waals surface area contributed by atoms with Gasteiger partial charge in [-0.2, -0.15) is 13.2 Å². The van der Waals surface area contributed by atoms with E-state index in [2.05, 4.69) is 9.59 Å². The molecule has 1 heterocycles. The lowest BCUT2D eigenvalue weighted by molar-refractivity contribution is -0.135. The molecule has 0 N–H and O–H groups in total. The SMILES string of the molecule is FC(F)(F)c1snnc1CCl. The summed E-state index contributed by atoms with van der Waals surface area (Å²) >= 11 is 5.49. The summed E-state index contributed by atoms with van der Waals surface area (Å²) in [4.78, 5) is -0.812. The molecule has 0 aliphatic heterocycles. The molecule has 0 saturated heterocycles. The molecule has 7 heteroatoms. The van der Waals surface area contributed by atoms with Crippen LogP contribution in [0.15, 0.2) is 0 Å². The Hall–Kier alpha value is -0.360. The van der Waals surface area contributed by atoms with Crippen molar-refractivity contribution in [1.82, 2.24) is 9.59 Å². The Bertz CT molecular complexity index is 246. The predicted molar refractivity (Wildman–Crippen MR) is 34.5 cm³/mol. The highest BCUT2D eigenvalue weighted by Gasteiger charge is 2.36. The molecule has 11 heavy (non-hydrogen) atoms. The molecule has 0 spiro atoms. The van der Waals surface area contributed by atoms with Crippen molar-refractivity contribution < 1.29 is 13.2 Å². The fourth-order valence-corrected chi connectivity index (χ4v) is 1.32. The maximum Gasteiger partial charge on any atom is 0.429 e. The van der Waals surface area contributed by atoms with Gasteiger partial charge in [0.25, 0.3) is 0 Å². The summed E-state index contributed by atoms with van der Waals surface area (Å²) in [6.07, 6.45) is -4.38. The molecule has 0 atom stereocenters. The van der Waals surface area contributed by atoms with Crippen molar-refractivity contribution in [2.45, 2.75) is 12.1 Å². The zero-order valence-corrected chi connectivity index (χ0v) is 6.59. The minimum atomic E-state index is -4.38. The summed E-state index contributed by atoms with van der Waals surface area (Å²) in [7, 11) is 0. The van der Waals surface area contributed by atoms with Gasteiger partial charge in [0.15, 0.2) is 4.88 Å². The monoisotopic (exact) mass is 202 g/mol. The predicted octanol–water partition coefficient (Wildman–Crippen LogP) is 2.30. The lowest BCUT2D eigenvalue weighted by atomic mass is 10.4. The molecular formula is C4H2ClF3N2S. The minimum Gasteiger partial charge on any atom is -0.165 e. The van der Waals surface area contributed by atoms with E-state index in [0.717, 1.165) is 0 Å². The first-order valence-corrected chi connectivity index (χ1v) is 3.81. The number of halogens is 4. The number of hydrogen-bond donors (Lipinski definition) is 0. The Kier molecular flexibility index (Phi) is 2.34. The second-order valence-electron chi connectivity index (χ2n) is 1.68. The molecule has 2 nitrogen and oxygen atoms in total. The van der Waals surface area contributed by atoms with Crippen molar-refractivity contribution in [2.75, 3.05) is 0 Å². The van der Waals surface area contributed by atoms with Crippen LogP contribution in [0.25, 0.3) is 0 Å². The van der Waals surface area contributed by atoms with Crippen molar-refractivity contribution in [1.29, 1.82) is 0 Å². The second-order valence-corrected chi connectivity index (χ2v) is 2.70. The van der Waals surface area contributed by atoms with Crippen LogP contribution in [0, 0.1) is 0 Å². The molecule has 0 saturated carbocycles. The molecule has 0 unspecified atom stereocenters. The first-order chi connectivity index (χ1) is 5.05. The van der Waals surface area contributed by atoms with E-state index in [9.17, 15) is 13.2 Å².